The number of nitrogens with zero attached hydrogens (tertiary/aromatic N) is 1. The summed E-state index contributed by atoms with van der Waals surface area (Å²) in [7, 11) is 0. The monoisotopic (exact) mass is 445 g/mol. The smallest absolute Gasteiger partial charge is 0.321 e. The molecule has 0 aliphatic rings. The van der Waals surface area contributed by atoms with E-state index in [4.69, 9.17) is 5.73 Å². The summed E-state index contributed by atoms with van der Waals surface area (Å²) in [6.45, 7) is 4.42. The van der Waals surface area contributed by atoms with E-state index in [1.165, 1.54) is 11.3 Å². The van der Waals surface area contributed by atoms with Crippen LogP contribution in [0.1, 0.15) is 12.5 Å². The van der Waals surface area contributed by atoms with Gasteiger partial charge in [0.15, 0.2) is 5.13 Å². The molecule has 4 amide bonds. The van der Waals surface area contributed by atoms with Gasteiger partial charge in [-0.15, -0.1) is 0 Å². The summed E-state index contributed by atoms with van der Waals surface area (Å²) in [6.07, 6.45) is 0. The Hall–Kier alpha value is -3.91. The molecule has 5 N–H and O–H groups in total. The molecule has 32 heavy (non-hydrogen) atoms. The Labute approximate surface area is 189 Å². The first-order valence-corrected chi connectivity index (χ1v) is 11.0. The predicted octanol–water partition coefficient (Wildman–Crippen LogP) is 5.57. The molecule has 0 aliphatic heterocycles. The molecular weight excluding hydrogens is 422 g/mol. The second-order valence-corrected chi connectivity index (χ2v) is 8.30. The number of carbonyl (C=O) groups excluding carboxylic acids is 2. The Bertz CT molecular complexity index is 1310. The number of hydrogen-bond acceptors (Lipinski definition) is 4. The molecule has 0 bridgehead atoms. The lowest BCUT2D eigenvalue weighted by molar-refractivity contribution is 0.252. The van der Waals surface area contributed by atoms with Crippen molar-refractivity contribution in [2.24, 2.45) is 5.73 Å². The van der Waals surface area contributed by atoms with E-state index in [0.717, 1.165) is 38.0 Å². The number of aromatic nitrogens is 1. The number of rotatable bonds is 5. The summed E-state index contributed by atoms with van der Waals surface area (Å²) in [5.74, 6) is 0. The number of para-hydroxylation sites is 1. The maximum atomic E-state index is 11.8. The lowest BCUT2D eigenvalue weighted by atomic mass is 9.95. The summed E-state index contributed by atoms with van der Waals surface area (Å²) in [4.78, 5) is 28.1. The Morgan fingerprint density at radius 2 is 1.69 bits per heavy atom. The third-order valence-electron chi connectivity index (χ3n) is 4.90. The molecule has 1 aromatic heterocycles. The largest absolute Gasteiger partial charge is 0.351 e. The van der Waals surface area contributed by atoms with Crippen LogP contribution in [0.2, 0.25) is 0 Å². The fourth-order valence-electron chi connectivity index (χ4n) is 3.55. The average Bonchev–Trinajstić information content (AvgIpc) is 3.15. The van der Waals surface area contributed by atoms with E-state index in [-0.39, 0.29) is 6.03 Å². The number of nitrogens with two attached hydrogens (primary N) is 1. The normalized spacial score (nSPS) is 10.7. The minimum absolute atomic E-state index is 0.287. The molecule has 7 nitrogen and oxygen atoms in total. The molecule has 1 heterocycles. The van der Waals surface area contributed by atoms with E-state index in [2.05, 4.69) is 27.0 Å². The van der Waals surface area contributed by atoms with Crippen molar-refractivity contribution in [1.29, 1.82) is 0 Å². The van der Waals surface area contributed by atoms with E-state index in [1.807, 2.05) is 68.4 Å². The molecule has 0 atom stereocenters. The molecule has 0 radical (unpaired) electrons. The number of amides is 4. The molecule has 0 saturated heterocycles. The first kappa shape index (κ1) is 21.3. The van der Waals surface area contributed by atoms with Gasteiger partial charge in [0.05, 0.1) is 15.9 Å². The van der Waals surface area contributed by atoms with Crippen molar-refractivity contribution >= 4 is 44.4 Å². The van der Waals surface area contributed by atoms with Gasteiger partial charge in [-0.2, -0.15) is 0 Å². The van der Waals surface area contributed by atoms with E-state index in [1.54, 1.807) is 0 Å². The molecule has 0 spiro atoms. The molecule has 0 fully saturated rings. The van der Waals surface area contributed by atoms with Gasteiger partial charge in [0.1, 0.15) is 0 Å². The molecule has 4 aromatic rings. The number of carbonyl (C=O) groups is 2. The van der Waals surface area contributed by atoms with Crippen LogP contribution in [-0.4, -0.2) is 23.6 Å². The van der Waals surface area contributed by atoms with Gasteiger partial charge < -0.3 is 16.4 Å². The van der Waals surface area contributed by atoms with Gasteiger partial charge >= 0.3 is 12.1 Å². The van der Waals surface area contributed by atoms with Crippen molar-refractivity contribution < 1.29 is 9.59 Å². The maximum Gasteiger partial charge on any atom is 0.321 e. The number of nitrogens with one attached hydrogen (secondary N) is 3. The van der Waals surface area contributed by atoms with Crippen molar-refractivity contribution in [2.75, 3.05) is 17.2 Å². The minimum atomic E-state index is -0.626. The van der Waals surface area contributed by atoms with Crippen LogP contribution in [0.4, 0.5) is 20.4 Å². The van der Waals surface area contributed by atoms with Gasteiger partial charge in [0.2, 0.25) is 0 Å². The quantitative estimate of drug-likeness (QED) is 0.322. The number of fused-ring (bicyclic) bond motifs is 1. The maximum absolute atomic E-state index is 11.8. The zero-order chi connectivity index (χ0) is 22.7. The Morgan fingerprint density at radius 1 is 0.969 bits per heavy atom. The third kappa shape index (κ3) is 4.55. The van der Waals surface area contributed by atoms with E-state index < -0.39 is 6.03 Å². The van der Waals surface area contributed by atoms with Crippen LogP contribution in [0.3, 0.4) is 0 Å². The third-order valence-corrected chi connectivity index (χ3v) is 5.83. The number of aryl methyl sites for hydroxylation is 1. The van der Waals surface area contributed by atoms with Gasteiger partial charge in [0.25, 0.3) is 0 Å². The Morgan fingerprint density at radius 3 is 2.38 bits per heavy atom. The van der Waals surface area contributed by atoms with Crippen molar-refractivity contribution in [1.82, 2.24) is 10.3 Å². The first-order chi connectivity index (χ1) is 15.4. The summed E-state index contributed by atoms with van der Waals surface area (Å²) >= 11 is 1.39. The fourth-order valence-corrected chi connectivity index (χ4v) is 4.45. The highest BCUT2D eigenvalue weighted by Crippen LogP contribution is 2.39. The summed E-state index contributed by atoms with van der Waals surface area (Å²) in [6, 6.07) is 18.9. The van der Waals surface area contributed by atoms with Crippen molar-refractivity contribution in [2.45, 2.75) is 13.8 Å². The molecule has 0 unspecified atom stereocenters. The van der Waals surface area contributed by atoms with Crippen LogP contribution in [0.25, 0.3) is 32.5 Å². The number of benzene rings is 3. The zero-order valence-corrected chi connectivity index (χ0v) is 18.5. The lowest BCUT2D eigenvalue weighted by Crippen LogP contribution is -2.28. The number of urea groups is 2. The molecule has 0 aliphatic carbocycles. The van der Waals surface area contributed by atoms with Crippen LogP contribution >= 0.6 is 11.3 Å². The number of primary amides is 1. The average molecular weight is 446 g/mol. The molecule has 3 aromatic carbocycles. The standard InChI is InChI=1S/C24H23N5O2S/c1-3-26-23(31)29-24-27-19-11-10-16(13-20(19)32-24)18-9-5-8-17(21(18)28-22(25)30)15-7-4-6-14(2)12-15/h4-13H,3H2,1-2H3,(H3,25,28,30)(H2,26,27,29,31). The molecule has 0 saturated carbocycles. The van der Waals surface area contributed by atoms with Crippen LogP contribution in [0.15, 0.2) is 60.7 Å². The highest BCUT2D eigenvalue weighted by molar-refractivity contribution is 7.22. The lowest BCUT2D eigenvalue weighted by Gasteiger charge is -2.16. The summed E-state index contributed by atoms with van der Waals surface area (Å²) < 4.78 is 0.917. The van der Waals surface area contributed by atoms with Gasteiger partial charge in [-0.25, -0.2) is 14.6 Å². The molecular formula is C24H23N5O2S. The van der Waals surface area contributed by atoms with Gasteiger partial charge in [-0.1, -0.05) is 65.4 Å². The fraction of sp³-hybridized carbons (Fsp3) is 0.125. The highest BCUT2D eigenvalue weighted by Gasteiger charge is 2.15. The zero-order valence-electron chi connectivity index (χ0n) is 17.7. The van der Waals surface area contributed by atoms with Crippen molar-refractivity contribution in [3.63, 3.8) is 0 Å². The molecule has 8 heteroatoms. The van der Waals surface area contributed by atoms with Crippen LogP contribution in [-0.2, 0) is 0 Å². The van der Waals surface area contributed by atoms with Gasteiger partial charge in [-0.3, -0.25) is 5.32 Å². The topological polar surface area (TPSA) is 109 Å². The molecule has 4 rings (SSSR count). The second kappa shape index (κ2) is 9.07. The van der Waals surface area contributed by atoms with Crippen LogP contribution in [0, 0.1) is 6.92 Å². The first-order valence-electron chi connectivity index (χ1n) is 10.2. The number of thiazole rings is 1. The van der Waals surface area contributed by atoms with Gasteiger partial charge in [0, 0.05) is 17.7 Å². The van der Waals surface area contributed by atoms with Gasteiger partial charge in [-0.05, 0) is 37.1 Å². The van der Waals surface area contributed by atoms with E-state index in [0.29, 0.717) is 17.4 Å². The predicted molar refractivity (Wildman–Crippen MR) is 131 cm³/mol. The van der Waals surface area contributed by atoms with Crippen LogP contribution in [0.5, 0.6) is 0 Å². The Kier molecular flexibility index (Phi) is 6.04. The number of anilines is 2. The second-order valence-electron chi connectivity index (χ2n) is 7.27. The number of hydrogen-bond donors (Lipinski definition) is 4. The summed E-state index contributed by atoms with van der Waals surface area (Å²) in [5, 5.41) is 8.77. The van der Waals surface area contributed by atoms with Crippen LogP contribution < -0.4 is 21.7 Å². The molecule has 162 valence electrons. The highest BCUT2D eigenvalue weighted by atomic mass is 32.1. The van der Waals surface area contributed by atoms with Crippen molar-refractivity contribution in [3.8, 4) is 22.3 Å². The Balaban J connectivity index is 1.79. The SMILES string of the molecule is CCNC(=O)Nc1nc2ccc(-c3cccc(-c4cccc(C)c4)c3NC(N)=O)cc2s1. The van der Waals surface area contributed by atoms with Crippen molar-refractivity contribution in [3.05, 3.63) is 66.2 Å². The summed E-state index contributed by atoms with van der Waals surface area (Å²) in [5.41, 5.74) is 11.7. The minimum Gasteiger partial charge on any atom is -0.351 e. The van der Waals surface area contributed by atoms with E-state index >= 15 is 0 Å². The van der Waals surface area contributed by atoms with E-state index in [9.17, 15) is 9.59 Å².